The third-order valence-electron chi connectivity index (χ3n) is 1.98. The molecule has 0 aliphatic rings. The van der Waals surface area contributed by atoms with Crippen molar-refractivity contribution in [1.29, 1.82) is 0 Å². The van der Waals surface area contributed by atoms with E-state index in [2.05, 4.69) is 5.48 Å². The molecule has 0 heterocycles. The van der Waals surface area contributed by atoms with Crippen molar-refractivity contribution in [2.75, 3.05) is 20.3 Å². The van der Waals surface area contributed by atoms with Crippen LogP contribution in [0.15, 0.2) is 18.2 Å². The van der Waals surface area contributed by atoms with E-state index in [-0.39, 0.29) is 10.7 Å². The molecule has 0 aromatic heterocycles. The molecule has 1 aromatic carbocycles. The lowest BCUT2D eigenvalue weighted by Crippen LogP contribution is -2.17. The largest absolute Gasteiger partial charge is 0.382 e. The number of benzene rings is 1. The number of nitro benzene ring substituents is 1. The quantitative estimate of drug-likeness (QED) is 0.461. The van der Waals surface area contributed by atoms with E-state index in [1.165, 1.54) is 12.1 Å². The SMILES string of the molecule is COCCONCc1ccc(Cl)c([N+](=O)[O-])c1. The highest BCUT2D eigenvalue weighted by atomic mass is 35.5. The Labute approximate surface area is 104 Å². The Hall–Kier alpha value is -1.21. The first-order chi connectivity index (χ1) is 8.15. The van der Waals surface area contributed by atoms with Gasteiger partial charge in [-0.25, -0.2) is 0 Å². The number of nitrogens with zero attached hydrogens (tertiary/aromatic N) is 1. The highest BCUT2D eigenvalue weighted by Gasteiger charge is 2.12. The van der Waals surface area contributed by atoms with E-state index < -0.39 is 4.92 Å². The molecular weight excluding hydrogens is 248 g/mol. The van der Waals surface area contributed by atoms with Crippen molar-refractivity contribution < 1.29 is 14.5 Å². The summed E-state index contributed by atoms with van der Waals surface area (Å²) in [5.74, 6) is 0. The van der Waals surface area contributed by atoms with Crippen LogP contribution in [0.3, 0.4) is 0 Å². The minimum atomic E-state index is -0.516. The van der Waals surface area contributed by atoms with Crippen LogP contribution < -0.4 is 5.48 Å². The molecule has 1 rings (SSSR count). The molecule has 0 saturated heterocycles. The fraction of sp³-hybridized carbons (Fsp3) is 0.400. The van der Waals surface area contributed by atoms with E-state index in [9.17, 15) is 10.1 Å². The minimum Gasteiger partial charge on any atom is -0.382 e. The molecule has 0 aliphatic carbocycles. The summed E-state index contributed by atoms with van der Waals surface area (Å²) in [6, 6.07) is 4.60. The number of nitro groups is 1. The van der Waals surface area contributed by atoms with Crippen LogP contribution in [0.4, 0.5) is 5.69 Å². The zero-order chi connectivity index (χ0) is 12.7. The van der Waals surface area contributed by atoms with Crippen molar-refractivity contribution in [3.8, 4) is 0 Å². The first-order valence-corrected chi connectivity index (χ1v) is 5.29. The maximum Gasteiger partial charge on any atom is 0.288 e. The predicted octanol–water partition coefficient (Wildman–Crippen LogP) is 1.92. The first-order valence-electron chi connectivity index (χ1n) is 4.91. The van der Waals surface area contributed by atoms with Gasteiger partial charge in [0.1, 0.15) is 5.02 Å². The van der Waals surface area contributed by atoms with Crippen LogP contribution >= 0.6 is 11.6 Å². The van der Waals surface area contributed by atoms with Gasteiger partial charge in [0, 0.05) is 19.7 Å². The van der Waals surface area contributed by atoms with Gasteiger partial charge in [-0.15, -0.1) is 0 Å². The molecule has 7 heteroatoms. The third kappa shape index (κ3) is 4.66. The number of rotatable bonds is 7. The lowest BCUT2D eigenvalue weighted by molar-refractivity contribution is -0.384. The first kappa shape index (κ1) is 13.9. The molecule has 0 atom stereocenters. The monoisotopic (exact) mass is 260 g/mol. The third-order valence-corrected chi connectivity index (χ3v) is 2.29. The number of nitrogens with one attached hydrogen (secondary N) is 1. The fourth-order valence-electron chi connectivity index (χ4n) is 1.14. The summed E-state index contributed by atoms with van der Waals surface area (Å²) in [5, 5.41) is 10.8. The Balaban J connectivity index is 2.49. The van der Waals surface area contributed by atoms with Gasteiger partial charge < -0.3 is 4.74 Å². The van der Waals surface area contributed by atoms with Crippen LogP contribution in [0, 0.1) is 10.1 Å². The minimum absolute atomic E-state index is 0.108. The number of hydroxylamine groups is 1. The summed E-state index contributed by atoms with van der Waals surface area (Å²) in [5.41, 5.74) is 3.29. The number of ether oxygens (including phenoxy) is 1. The van der Waals surface area contributed by atoms with Crippen LogP contribution in [0.1, 0.15) is 5.56 Å². The molecule has 6 nitrogen and oxygen atoms in total. The van der Waals surface area contributed by atoms with Crippen molar-refractivity contribution in [3.05, 3.63) is 38.9 Å². The van der Waals surface area contributed by atoms with Crippen LogP contribution in [-0.2, 0) is 16.1 Å². The summed E-state index contributed by atoms with van der Waals surface area (Å²) in [6.45, 7) is 1.25. The molecule has 0 amide bonds. The molecule has 0 saturated carbocycles. The van der Waals surface area contributed by atoms with E-state index in [0.29, 0.717) is 19.8 Å². The van der Waals surface area contributed by atoms with Crippen molar-refractivity contribution >= 4 is 17.3 Å². The lowest BCUT2D eigenvalue weighted by Gasteiger charge is -2.05. The second-order valence-electron chi connectivity index (χ2n) is 3.21. The molecule has 94 valence electrons. The van der Waals surface area contributed by atoms with Gasteiger partial charge in [0.15, 0.2) is 0 Å². The highest BCUT2D eigenvalue weighted by Crippen LogP contribution is 2.24. The summed E-state index contributed by atoms with van der Waals surface area (Å²) in [7, 11) is 1.58. The topological polar surface area (TPSA) is 73.6 Å². The van der Waals surface area contributed by atoms with Gasteiger partial charge in [-0.1, -0.05) is 17.7 Å². The van der Waals surface area contributed by atoms with E-state index in [0.717, 1.165) is 5.56 Å². The molecule has 0 unspecified atom stereocenters. The number of methoxy groups -OCH3 is 1. The van der Waals surface area contributed by atoms with Crippen molar-refractivity contribution in [2.45, 2.75) is 6.54 Å². The summed E-state index contributed by atoms with van der Waals surface area (Å²) in [6.07, 6.45) is 0. The molecule has 0 bridgehead atoms. The Bertz CT molecular complexity index is 387. The van der Waals surface area contributed by atoms with Gasteiger partial charge in [-0.2, -0.15) is 5.48 Å². The van der Waals surface area contributed by atoms with Crippen molar-refractivity contribution in [1.82, 2.24) is 5.48 Å². The number of hydrogen-bond donors (Lipinski definition) is 1. The average Bonchev–Trinajstić information content (AvgIpc) is 2.30. The van der Waals surface area contributed by atoms with Crippen molar-refractivity contribution in [2.24, 2.45) is 0 Å². The second-order valence-corrected chi connectivity index (χ2v) is 3.61. The van der Waals surface area contributed by atoms with Crippen LogP contribution in [0.2, 0.25) is 5.02 Å². The standard InChI is InChI=1S/C10H13ClN2O4/c1-16-4-5-17-12-7-8-2-3-9(11)10(6-8)13(14)15/h2-3,6,12H,4-5,7H2,1H3. The summed E-state index contributed by atoms with van der Waals surface area (Å²) >= 11 is 5.68. The molecular formula is C10H13ClN2O4. The highest BCUT2D eigenvalue weighted by molar-refractivity contribution is 6.32. The number of hydrogen-bond acceptors (Lipinski definition) is 5. The maximum absolute atomic E-state index is 10.6. The Morgan fingerprint density at radius 3 is 2.88 bits per heavy atom. The Morgan fingerprint density at radius 2 is 2.24 bits per heavy atom. The average molecular weight is 261 g/mol. The van der Waals surface area contributed by atoms with E-state index >= 15 is 0 Å². The number of halogens is 1. The predicted molar refractivity (Wildman–Crippen MR) is 62.8 cm³/mol. The van der Waals surface area contributed by atoms with Gasteiger partial charge in [0.05, 0.1) is 18.1 Å². The molecule has 0 aliphatic heterocycles. The molecule has 0 spiro atoms. The lowest BCUT2D eigenvalue weighted by atomic mass is 10.2. The van der Waals surface area contributed by atoms with Crippen LogP contribution in [-0.4, -0.2) is 25.2 Å². The van der Waals surface area contributed by atoms with Crippen LogP contribution in [0.5, 0.6) is 0 Å². The van der Waals surface area contributed by atoms with Gasteiger partial charge in [-0.3, -0.25) is 15.0 Å². The summed E-state index contributed by atoms with van der Waals surface area (Å²) < 4.78 is 4.79. The zero-order valence-electron chi connectivity index (χ0n) is 9.31. The second kappa shape index (κ2) is 7.18. The van der Waals surface area contributed by atoms with E-state index in [1.807, 2.05) is 0 Å². The molecule has 0 radical (unpaired) electrons. The van der Waals surface area contributed by atoms with Gasteiger partial charge in [-0.05, 0) is 11.6 Å². The molecule has 17 heavy (non-hydrogen) atoms. The normalized spacial score (nSPS) is 10.5. The Morgan fingerprint density at radius 1 is 1.47 bits per heavy atom. The van der Waals surface area contributed by atoms with Gasteiger partial charge >= 0.3 is 0 Å². The molecule has 1 aromatic rings. The van der Waals surface area contributed by atoms with Crippen molar-refractivity contribution in [3.63, 3.8) is 0 Å². The van der Waals surface area contributed by atoms with E-state index in [1.54, 1.807) is 13.2 Å². The Kier molecular flexibility index (Phi) is 5.85. The smallest absolute Gasteiger partial charge is 0.288 e. The van der Waals surface area contributed by atoms with E-state index in [4.69, 9.17) is 21.2 Å². The summed E-state index contributed by atoms with van der Waals surface area (Å²) in [4.78, 5) is 15.2. The fourth-order valence-corrected chi connectivity index (χ4v) is 1.33. The van der Waals surface area contributed by atoms with Gasteiger partial charge in [0.2, 0.25) is 0 Å². The zero-order valence-corrected chi connectivity index (χ0v) is 10.1. The molecule has 0 fully saturated rings. The maximum atomic E-state index is 10.6. The molecule has 1 N–H and O–H groups in total. The van der Waals surface area contributed by atoms with Gasteiger partial charge in [0.25, 0.3) is 5.69 Å². The van der Waals surface area contributed by atoms with Crippen LogP contribution in [0.25, 0.3) is 0 Å².